The zero-order valence-electron chi connectivity index (χ0n) is 15.9. The maximum absolute atomic E-state index is 11.3. The van der Waals surface area contributed by atoms with Gasteiger partial charge in [-0.25, -0.2) is 0 Å². The quantitative estimate of drug-likeness (QED) is 0.678. The molecule has 3 rings (SSSR count). The van der Waals surface area contributed by atoms with Crippen LogP contribution in [0.15, 0.2) is 35.7 Å². The summed E-state index contributed by atoms with van der Waals surface area (Å²) in [5.41, 5.74) is 4.92. The van der Waals surface area contributed by atoms with E-state index in [2.05, 4.69) is 42.3 Å². The zero-order chi connectivity index (χ0) is 19.4. The van der Waals surface area contributed by atoms with Crippen LogP contribution in [0, 0.1) is 19.8 Å². The Hall–Kier alpha value is -1.62. The first-order valence-corrected chi connectivity index (χ1v) is 10.7. The largest absolute Gasteiger partial charge is 0.481 e. The van der Waals surface area contributed by atoms with Crippen LogP contribution in [-0.2, 0) is 4.79 Å². The summed E-state index contributed by atoms with van der Waals surface area (Å²) in [7, 11) is 0. The molecule has 1 aromatic heterocycles. The lowest BCUT2D eigenvalue weighted by molar-refractivity contribution is -0.143. The molecule has 0 amide bonds. The lowest BCUT2D eigenvalue weighted by Gasteiger charge is -2.30. The Labute approximate surface area is 170 Å². The van der Waals surface area contributed by atoms with Gasteiger partial charge < -0.3 is 10.0 Å². The van der Waals surface area contributed by atoms with E-state index in [4.69, 9.17) is 11.6 Å². The second-order valence-electron chi connectivity index (χ2n) is 7.28. The summed E-state index contributed by atoms with van der Waals surface area (Å²) in [5.74, 6) is -0.887. The van der Waals surface area contributed by atoms with Crippen LogP contribution in [-0.4, -0.2) is 35.6 Å². The molecule has 27 heavy (non-hydrogen) atoms. The Balaban J connectivity index is 1.79. The molecule has 144 valence electrons. The van der Waals surface area contributed by atoms with Crippen molar-refractivity contribution < 1.29 is 9.90 Å². The van der Waals surface area contributed by atoms with Crippen molar-refractivity contribution in [1.82, 2.24) is 4.90 Å². The number of likely N-dealkylation sites (tertiary alicyclic amines) is 1. The molecule has 1 unspecified atom stereocenters. The van der Waals surface area contributed by atoms with Gasteiger partial charge in [-0.1, -0.05) is 23.7 Å². The number of nitrogens with zero attached hydrogens (tertiary/aromatic N) is 1. The fraction of sp³-hybridized carbons (Fsp3) is 0.409. The van der Waals surface area contributed by atoms with E-state index in [1.54, 1.807) is 11.3 Å². The third kappa shape index (κ3) is 5.01. The molecule has 1 fully saturated rings. The van der Waals surface area contributed by atoms with Crippen molar-refractivity contribution in [2.45, 2.75) is 33.1 Å². The summed E-state index contributed by atoms with van der Waals surface area (Å²) in [5, 5.41) is 12.2. The molecular formula is C22H26ClNO2S. The molecule has 0 radical (unpaired) electrons. The maximum atomic E-state index is 11.3. The number of carboxylic acid groups (broad SMARTS) is 1. The zero-order valence-corrected chi connectivity index (χ0v) is 17.4. The molecule has 1 aliphatic heterocycles. The third-order valence-electron chi connectivity index (χ3n) is 5.23. The summed E-state index contributed by atoms with van der Waals surface area (Å²) >= 11 is 7.91. The number of carbonyl (C=O) groups is 1. The Bertz CT molecular complexity index is 843. The van der Waals surface area contributed by atoms with Crippen LogP contribution in [0.2, 0.25) is 5.02 Å². The molecule has 0 aliphatic carbocycles. The number of hydrogen-bond donors (Lipinski definition) is 1. The van der Waals surface area contributed by atoms with Crippen molar-refractivity contribution in [3.05, 3.63) is 62.3 Å². The first-order valence-electron chi connectivity index (χ1n) is 9.42. The van der Waals surface area contributed by atoms with Gasteiger partial charge >= 0.3 is 5.97 Å². The lowest BCUT2D eigenvalue weighted by Crippen LogP contribution is -2.39. The molecule has 1 aromatic carbocycles. The smallest absolute Gasteiger partial charge is 0.307 e. The molecule has 1 atom stereocenters. The molecular weight excluding hydrogens is 378 g/mol. The van der Waals surface area contributed by atoms with E-state index in [-0.39, 0.29) is 5.92 Å². The number of hydrogen-bond acceptors (Lipinski definition) is 3. The standard InChI is InChI=1S/C22H26ClNO2S/c1-15-9-12-27-21(15)20(19-8-7-18(23)13-16(19)2)6-4-11-24-10-3-5-17(14-24)22(25)26/h6-9,12-13,17H,3-5,10-11,14H2,1-2H3,(H,25,26)/b20-6-. The highest BCUT2D eigenvalue weighted by atomic mass is 35.5. The van der Waals surface area contributed by atoms with Crippen molar-refractivity contribution in [3.63, 3.8) is 0 Å². The molecule has 0 bridgehead atoms. The highest BCUT2D eigenvalue weighted by molar-refractivity contribution is 7.11. The fourth-order valence-electron chi connectivity index (χ4n) is 3.75. The van der Waals surface area contributed by atoms with Crippen molar-refractivity contribution >= 4 is 34.5 Å². The minimum absolute atomic E-state index is 0.222. The van der Waals surface area contributed by atoms with Gasteiger partial charge in [-0.15, -0.1) is 11.3 Å². The van der Waals surface area contributed by atoms with Gasteiger partial charge in [-0.2, -0.15) is 0 Å². The predicted molar refractivity (Wildman–Crippen MR) is 114 cm³/mol. The minimum Gasteiger partial charge on any atom is -0.481 e. The number of aryl methyl sites for hydroxylation is 2. The van der Waals surface area contributed by atoms with E-state index in [9.17, 15) is 9.90 Å². The van der Waals surface area contributed by atoms with Gasteiger partial charge in [-0.3, -0.25) is 4.79 Å². The van der Waals surface area contributed by atoms with Crippen molar-refractivity contribution in [2.75, 3.05) is 19.6 Å². The minimum atomic E-state index is -0.665. The van der Waals surface area contributed by atoms with Gasteiger partial charge in [0.05, 0.1) is 5.92 Å². The SMILES string of the molecule is Cc1cc(Cl)ccc1/C(=C/CCN1CCCC(C(=O)O)C1)c1sccc1C. The molecule has 1 N–H and O–H groups in total. The van der Waals surface area contributed by atoms with Crippen LogP contribution in [0.1, 0.15) is 40.8 Å². The van der Waals surface area contributed by atoms with Crippen LogP contribution < -0.4 is 0 Å². The van der Waals surface area contributed by atoms with Gasteiger partial charge in [0.2, 0.25) is 0 Å². The normalized spacial score (nSPS) is 18.6. The lowest BCUT2D eigenvalue weighted by atomic mass is 9.96. The summed E-state index contributed by atoms with van der Waals surface area (Å²) in [6, 6.07) is 8.21. The fourth-order valence-corrected chi connectivity index (χ4v) is 4.96. The number of halogens is 1. The average Bonchev–Trinajstić information content (AvgIpc) is 3.05. The van der Waals surface area contributed by atoms with Gasteiger partial charge in [0.25, 0.3) is 0 Å². The van der Waals surface area contributed by atoms with Crippen LogP contribution in [0.25, 0.3) is 5.57 Å². The van der Waals surface area contributed by atoms with Crippen molar-refractivity contribution in [2.24, 2.45) is 5.92 Å². The Kier molecular flexibility index (Phi) is 6.74. The van der Waals surface area contributed by atoms with Crippen molar-refractivity contribution in [3.8, 4) is 0 Å². The van der Waals surface area contributed by atoms with Gasteiger partial charge in [0.15, 0.2) is 0 Å². The van der Waals surface area contributed by atoms with E-state index in [0.717, 1.165) is 37.4 Å². The highest BCUT2D eigenvalue weighted by Gasteiger charge is 2.24. The summed E-state index contributed by atoms with van der Waals surface area (Å²) in [4.78, 5) is 14.9. The van der Waals surface area contributed by atoms with Gasteiger partial charge in [0, 0.05) is 23.0 Å². The molecule has 3 nitrogen and oxygen atoms in total. The van der Waals surface area contributed by atoms with Crippen LogP contribution >= 0.6 is 22.9 Å². The molecule has 0 spiro atoms. The van der Waals surface area contributed by atoms with Crippen LogP contribution in [0.5, 0.6) is 0 Å². The highest BCUT2D eigenvalue weighted by Crippen LogP contribution is 2.33. The molecule has 1 aliphatic rings. The predicted octanol–water partition coefficient (Wildman–Crippen LogP) is 5.64. The van der Waals surface area contributed by atoms with Crippen LogP contribution in [0.4, 0.5) is 0 Å². The number of thiophene rings is 1. The monoisotopic (exact) mass is 403 g/mol. The molecule has 2 heterocycles. The van der Waals surface area contributed by atoms with E-state index >= 15 is 0 Å². The third-order valence-corrected chi connectivity index (χ3v) is 6.52. The second-order valence-corrected chi connectivity index (χ2v) is 8.63. The molecule has 1 saturated heterocycles. The first kappa shape index (κ1) is 20.1. The topological polar surface area (TPSA) is 40.5 Å². The molecule has 5 heteroatoms. The summed E-state index contributed by atoms with van der Waals surface area (Å²) in [6.07, 6.45) is 4.97. The molecule has 0 saturated carbocycles. The van der Waals surface area contributed by atoms with E-state index in [0.29, 0.717) is 6.54 Å². The summed E-state index contributed by atoms with van der Waals surface area (Å²) < 4.78 is 0. The number of benzene rings is 1. The maximum Gasteiger partial charge on any atom is 0.307 e. The Morgan fingerprint density at radius 3 is 2.81 bits per heavy atom. The van der Waals surface area contributed by atoms with E-state index in [1.807, 2.05) is 12.1 Å². The van der Waals surface area contributed by atoms with Crippen molar-refractivity contribution in [1.29, 1.82) is 0 Å². The number of aliphatic carboxylic acids is 1. The van der Waals surface area contributed by atoms with Gasteiger partial charge in [0.1, 0.15) is 0 Å². The average molecular weight is 404 g/mol. The Morgan fingerprint density at radius 2 is 2.15 bits per heavy atom. The van der Waals surface area contributed by atoms with E-state index in [1.165, 1.54) is 27.1 Å². The van der Waals surface area contributed by atoms with Crippen LogP contribution in [0.3, 0.4) is 0 Å². The number of rotatable bonds is 6. The van der Waals surface area contributed by atoms with E-state index < -0.39 is 5.97 Å². The molecule has 2 aromatic rings. The number of piperidine rings is 1. The van der Waals surface area contributed by atoms with Gasteiger partial charge in [-0.05, 0) is 85.5 Å². The first-order chi connectivity index (χ1) is 13.0. The number of carboxylic acids is 1. The summed E-state index contributed by atoms with van der Waals surface area (Å²) in [6.45, 7) is 6.79. The second kappa shape index (κ2) is 9.05. The Morgan fingerprint density at radius 1 is 1.33 bits per heavy atom.